The van der Waals surface area contributed by atoms with Crippen LogP contribution in [0.15, 0.2) is 36.7 Å². The molecule has 0 bridgehead atoms. The number of alkyl halides is 1. The molecular formula is C13H13FN2. The second-order valence-electron chi connectivity index (χ2n) is 3.72. The van der Waals surface area contributed by atoms with Crippen LogP contribution in [0.5, 0.6) is 0 Å². The maximum Gasteiger partial charge on any atom is 0.159 e. The van der Waals surface area contributed by atoms with Gasteiger partial charge >= 0.3 is 0 Å². The first-order chi connectivity index (χ1) is 7.79. The van der Waals surface area contributed by atoms with Gasteiger partial charge in [-0.2, -0.15) is 0 Å². The summed E-state index contributed by atoms with van der Waals surface area (Å²) in [5.74, 6) is 0.706. The fourth-order valence-corrected chi connectivity index (χ4v) is 1.47. The van der Waals surface area contributed by atoms with Gasteiger partial charge in [-0.25, -0.2) is 9.97 Å². The topological polar surface area (TPSA) is 25.8 Å². The van der Waals surface area contributed by atoms with Crippen LogP contribution in [0.1, 0.15) is 11.1 Å². The zero-order valence-corrected chi connectivity index (χ0v) is 9.15. The Morgan fingerprint density at radius 3 is 2.25 bits per heavy atom. The Kier molecular flexibility index (Phi) is 3.25. The Morgan fingerprint density at radius 1 is 1.06 bits per heavy atom. The number of aromatic nitrogens is 2. The molecule has 0 saturated carbocycles. The lowest BCUT2D eigenvalue weighted by atomic mass is 10.1. The molecule has 0 unspecified atom stereocenters. The molecule has 0 aliphatic rings. The Labute approximate surface area is 94.2 Å². The van der Waals surface area contributed by atoms with Gasteiger partial charge in [0.1, 0.15) is 0 Å². The van der Waals surface area contributed by atoms with E-state index in [0.717, 1.165) is 16.7 Å². The Balaban J connectivity index is 2.24. The van der Waals surface area contributed by atoms with Crippen LogP contribution in [-0.4, -0.2) is 16.6 Å². The standard InChI is InChI=1S/C13H13FN2/c1-10-8-15-13(16-9-10)12-4-2-11(3-5-12)6-7-14/h2-5,8-9H,6-7H2,1H3. The van der Waals surface area contributed by atoms with E-state index >= 15 is 0 Å². The quantitative estimate of drug-likeness (QED) is 0.788. The van der Waals surface area contributed by atoms with Gasteiger partial charge in [-0.15, -0.1) is 0 Å². The van der Waals surface area contributed by atoms with Crippen LogP contribution in [0, 0.1) is 6.92 Å². The predicted molar refractivity (Wildman–Crippen MR) is 61.9 cm³/mol. The van der Waals surface area contributed by atoms with Crippen molar-refractivity contribution < 1.29 is 4.39 Å². The summed E-state index contributed by atoms with van der Waals surface area (Å²) in [7, 11) is 0. The van der Waals surface area contributed by atoms with Crippen molar-refractivity contribution in [3.8, 4) is 11.4 Å². The summed E-state index contributed by atoms with van der Waals surface area (Å²) in [5.41, 5.74) is 3.00. The Hall–Kier alpha value is -1.77. The normalized spacial score (nSPS) is 10.4. The van der Waals surface area contributed by atoms with Crippen molar-refractivity contribution in [1.29, 1.82) is 0 Å². The van der Waals surface area contributed by atoms with Gasteiger partial charge in [-0.1, -0.05) is 24.3 Å². The highest BCUT2D eigenvalue weighted by Gasteiger charge is 2.00. The molecule has 2 nitrogen and oxygen atoms in total. The van der Waals surface area contributed by atoms with Crippen LogP contribution < -0.4 is 0 Å². The van der Waals surface area contributed by atoms with Gasteiger partial charge < -0.3 is 0 Å². The fraction of sp³-hybridized carbons (Fsp3) is 0.231. The van der Waals surface area contributed by atoms with Crippen molar-refractivity contribution in [2.24, 2.45) is 0 Å². The molecule has 0 spiro atoms. The van der Waals surface area contributed by atoms with Crippen LogP contribution in [-0.2, 0) is 6.42 Å². The molecule has 82 valence electrons. The molecular weight excluding hydrogens is 203 g/mol. The maximum absolute atomic E-state index is 12.1. The van der Waals surface area contributed by atoms with E-state index in [0.29, 0.717) is 12.2 Å². The van der Waals surface area contributed by atoms with Gasteiger partial charge in [0.2, 0.25) is 0 Å². The lowest BCUT2D eigenvalue weighted by Gasteiger charge is -2.02. The van der Waals surface area contributed by atoms with Gasteiger partial charge in [0, 0.05) is 24.4 Å². The summed E-state index contributed by atoms with van der Waals surface area (Å²) >= 11 is 0. The number of rotatable bonds is 3. The van der Waals surface area contributed by atoms with Crippen LogP contribution in [0.3, 0.4) is 0 Å². The van der Waals surface area contributed by atoms with E-state index in [1.807, 2.05) is 31.2 Å². The third-order valence-electron chi connectivity index (χ3n) is 2.38. The molecule has 0 saturated heterocycles. The molecule has 0 aliphatic carbocycles. The highest BCUT2D eigenvalue weighted by molar-refractivity contribution is 5.55. The lowest BCUT2D eigenvalue weighted by molar-refractivity contribution is 0.495. The first kappa shape index (κ1) is 10.7. The highest BCUT2D eigenvalue weighted by Crippen LogP contribution is 2.15. The summed E-state index contributed by atoms with van der Waals surface area (Å²) < 4.78 is 12.1. The van der Waals surface area contributed by atoms with Crippen molar-refractivity contribution in [1.82, 2.24) is 9.97 Å². The Bertz CT molecular complexity index is 448. The van der Waals surface area contributed by atoms with Crippen molar-refractivity contribution in [3.05, 3.63) is 47.8 Å². The van der Waals surface area contributed by atoms with E-state index in [9.17, 15) is 4.39 Å². The maximum atomic E-state index is 12.1. The van der Waals surface area contributed by atoms with Crippen LogP contribution in [0.25, 0.3) is 11.4 Å². The number of nitrogens with zero attached hydrogens (tertiary/aromatic N) is 2. The fourth-order valence-electron chi connectivity index (χ4n) is 1.47. The summed E-state index contributed by atoms with van der Waals surface area (Å²) in [4.78, 5) is 8.48. The number of hydrogen-bond donors (Lipinski definition) is 0. The molecule has 0 atom stereocenters. The van der Waals surface area contributed by atoms with E-state index in [4.69, 9.17) is 0 Å². The second kappa shape index (κ2) is 4.84. The first-order valence-corrected chi connectivity index (χ1v) is 5.23. The minimum atomic E-state index is -0.319. The third-order valence-corrected chi connectivity index (χ3v) is 2.38. The molecule has 16 heavy (non-hydrogen) atoms. The molecule has 0 fully saturated rings. The highest BCUT2D eigenvalue weighted by atomic mass is 19.1. The van der Waals surface area contributed by atoms with Crippen molar-refractivity contribution >= 4 is 0 Å². The van der Waals surface area contributed by atoms with Crippen molar-refractivity contribution in [2.75, 3.05) is 6.67 Å². The van der Waals surface area contributed by atoms with E-state index in [-0.39, 0.29) is 6.67 Å². The van der Waals surface area contributed by atoms with E-state index < -0.39 is 0 Å². The molecule has 3 heteroatoms. The molecule has 1 aromatic heterocycles. The average molecular weight is 216 g/mol. The predicted octanol–water partition coefficient (Wildman–Crippen LogP) is 2.96. The minimum Gasteiger partial charge on any atom is -0.251 e. The second-order valence-corrected chi connectivity index (χ2v) is 3.72. The summed E-state index contributed by atoms with van der Waals surface area (Å²) in [6, 6.07) is 7.68. The van der Waals surface area contributed by atoms with Crippen LogP contribution in [0.2, 0.25) is 0 Å². The van der Waals surface area contributed by atoms with E-state index in [1.165, 1.54) is 0 Å². The van der Waals surface area contributed by atoms with Gasteiger partial charge in [0.15, 0.2) is 5.82 Å². The van der Waals surface area contributed by atoms with Gasteiger partial charge in [0.25, 0.3) is 0 Å². The number of aryl methyl sites for hydroxylation is 2. The van der Waals surface area contributed by atoms with Crippen molar-refractivity contribution in [2.45, 2.75) is 13.3 Å². The summed E-state index contributed by atoms with van der Waals surface area (Å²) in [6.07, 6.45) is 4.05. The lowest BCUT2D eigenvalue weighted by Crippen LogP contribution is -1.90. The zero-order chi connectivity index (χ0) is 11.4. The molecule has 2 aromatic rings. The monoisotopic (exact) mass is 216 g/mol. The summed E-state index contributed by atoms with van der Waals surface area (Å²) in [6.45, 7) is 1.63. The molecule has 2 rings (SSSR count). The molecule has 0 amide bonds. The van der Waals surface area contributed by atoms with Gasteiger partial charge in [0.05, 0.1) is 6.67 Å². The van der Waals surface area contributed by atoms with E-state index in [1.54, 1.807) is 12.4 Å². The SMILES string of the molecule is Cc1cnc(-c2ccc(CCF)cc2)nc1. The van der Waals surface area contributed by atoms with Crippen LogP contribution in [0.4, 0.5) is 4.39 Å². The number of benzene rings is 1. The minimum absolute atomic E-state index is 0.319. The first-order valence-electron chi connectivity index (χ1n) is 5.23. The number of hydrogen-bond acceptors (Lipinski definition) is 2. The zero-order valence-electron chi connectivity index (χ0n) is 9.15. The van der Waals surface area contributed by atoms with Crippen LogP contribution >= 0.6 is 0 Å². The molecule has 0 N–H and O–H groups in total. The molecule has 1 heterocycles. The van der Waals surface area contributed by atoms with Gasteiger partial charge in [-0.05, 0) is 18.1 Å². The smallest absolute Gasteiger partial charge is 0.159 e. The summed E-state index contributed by atoms with van der Waals surface area (Å²) in [5, 5.41) is 0. The van der Waals surface area contributed by atoms with Gasteiger partial charge in [-0.3, -0.25) is 4.39 Å². The van der Waals surface area contributed by atoms with Crippen molar-refractivity contribution in [3.63, 3.8) is 0 Å². The third kappa shape index (κ3) is 2.42. The largest absolute Gasteiger partial charge is 0.251 e. The molecule has 1 aromatic carbocycles. The van der Waals surface area contributed by atoms with E-state index in [2.05, 4.69) is 9.97 Å². The number of halogens is 1. The molecule has 0 radical (unpaired) electrons. The average Bonchev–Trinajstić information content (AvgIpc) is 2.32. The molecule has 0 aliphatic heterocycles. The Morgan fingerprint density at radius 2 is 1.69 bits per heavy atom.